The summed E-state index contributed by atoms with van der Waals surface area (Å²) in [6, 6.07) is 6.21. The summed E-state index contributed by atoms with van der Waals surface area (Å²) in [5, 5.41) is 0. The second-order valence-electron chi connectivity index (χ2n) is 5.55. The molecule has 0 unspecified atom stereocenters. The van der Waals surface area contributed by atoms with Gasteiger partial charge in [0.05, 0.1) is 6.04 Å². The molecule has 0 bridgehead atoms. The van der Waals surface area contributed by atoms with Gasteiger partial charge in [-0.3, -0.25) is 4.79 Å². The first-order valence-corrected chi connectivity index (χ1v) is 7.21. The van der Waals surface area contributed by atoms with Gasteiger partial charge in [0.25, 0.3) is 5.91 Å². The maximum absolute atomic E-state index is 13.5. The average molecular weight is 300 g/mol. The molecule has 0 spiro atoms. The van der Waals surface area contributed by atoms with E-state index in [0.717, 1.165) is 12.0 Å². The number of carbonyl (C=O) groups is 1. The highest BCUT2D eigenvalue weighted by molar-refractivity contribution is 5.96. The van der Waals surface area contributed by atoms with Crippen LogP contribution < -0.4 is 5.73 Å². The Bertz CT molecular complexity index is 706. The van der Waals surface area contributed by atoms with Gasteiger partial charge in [0, 0.05) is 18.9 Å². The van der Waals surface area contributed by atoms with E-state index in [1.165, 1.54) is 24.5 Å². The van der Waals surface area contributed by atoms with Gasteiger partial charge in [-0.05, 0) is 30.0 Å². The number of amides is 1. The fraction of sp³-hybridized carbons (Fsp3) is 0.312. The molecule has 2 aromatic rings. The van der Waals surface area contributed by atoms with E-state index in [1.54, 1.807) is 11.0 Å². The van der Waals surface area contributed by atoms with Gasteiger partial charge in [-0.15, -0.1) is 0 Å². The molecular formula is C16H17FN4O. The molecule has 1 aromatic heterocycles. The van der Waals surface area contributed by atoms with Crippen LogP contribution >= 0.6 is 0 Å². The van der Waals surface area contributed by atoms with E-state index in [4.69, 9.17) is 5.73 Å². The number of rotatable bonds is 2. The summed E-state index contributed by atoms with van der Waals surface area (Å²) in [6.45, 7) is 2.65. The van der Waals surface area contributed by atoms with Gasteiger partial charge in [-0.1, -0.05) is 19.1 Å². The molecule has 0 saturated carbocycles. The molecule has 22 heavy (non-hydrogen) atoms. The van der Waals surface area contributed by atoms with Crippen molar-refractivity contribution in [1.82, 2.24) is 14.9 Å². The van der Waals surface area contributed by atoms with Crippen LogP contribution in [-0.4, -0.2) is 27.3 Å². The zero-order valence-corrected chi connectivity index (χ0v) is 12.2. The van der Waals surface area contributed by atoms with Crippen LogP contribution in [0.25, 0.3) is 0 Å². The molecule has 0 radical (unpaired) electrons. The molecule has 6 heteroatoms. The molecule has 1 fully saturated rings. The van der Waals surface area contributed by atoms with Crippen LogP contribution in [0.1, 0.15) is 35.4 Å². The Kier molecular flexibility index (Phi) is 3.75. The lowest BCUT2D eigenvalue weighted by Gasteiger charge is -2.27. The monoisotopic (exact) mass is 300 g/mol. The second-order valence-corrected chi connectivity index (χ2v) is 5.55. The van der Waals surface area contributed by atoms with E-state index in [9.17, 15) is 9.18 Å². The van der Waals surface area contributed by atoms with Gasteiger partial charge < -0.3 is 10.6 Å². The largest absolute Gasteiger partial charge is 0.382 e. The molecule has 114 valence electrons. The third kappa shape index (κ3) is 2.52. The van der Waals surface area contributed by atoms with Crippen molar-refractivity contribution in [3.05, 3.63) is 53.7 Å². The molecule has 1 aliphatic rings. The molecule has 2 heterocycles. The van der Waals surface area contributed by atoms with Crippen molar-refractivity contribution in [2.45, 2.75) is 19.4 Å². The number of anilines is 1. The zero-order valence-electron chi connectivity index (χ0n) is 12.2. The Morgan fingerprint density at radius 1 is 1.36 bits per heavy atom. The average Bonchev–Trinajstić information content (AvgIpc) is 2.89. The summed E-state index contributed by atoms with van der Waals surface area (Å²) < 4.78 is 13.5. The topological polar surface area (TPSA) is 72.1 Å². The van der Waals surface area contributed by atoms with Crippen molar-refractivity contribution in [3.8, 4) is 0 Å². The van der Waals surface area contributed by atoms with E-state index >= 15 is 0 Å². The number of aromatic nitrogens is 2. The molecule has 5 nitrogen and oxygen atoms in total. The number of nitrogens with zero attached hydrogens (tertiary/aromatic N) is 3. The Morgan fingerprint density at radius 3 is 2.86 bits per heavy atom. The fourth-order valence-electron chi connectivity index (χ4n) is 3.02. The number of hydrogen-bond acceptors (Lipinski definition) is 4. The molecular weight excluding hydrogens is 283 g/mol. The summed E-state index contributed by atoms with van der Waals surface area (Å²) in [4.78, 5) is 22.4. The summed E-state index contributed by atoms with van der Waals surface area (Å²) >= 11 is 0. The van der Waals surface area contributed by atoms with E-state index in [0.29, 0.717) is 6.54 Å². The van der Waals surface area contributed by atoms with Crippen molar-refractivity contribution >= 4 is 11.7 Å². The van der Waals surface area contributed by atoms with Crippen LogP contribution in [-0.2, 0) is 0 Å². The first-order chi connectivity index (χ1) is 10.6. The lowest BCUT2D eigenvalue weighted by atomic mass is 9.95. The number of likely N-dealkylation sites (tertiary alicyclic amines) is 1. The number of halogens is 1. The van der Waals surface area contributed by atoms with E-state index in [2.05, 4.69) is 16.9 Å². The lowest BCUT2D eigenvalue weighted by Crippen LogP contribution is -2.33. The minimum atomic E-state index is -0.303. The number of nitrogen functional groups attached to an aromatic ring is 1. The third-order valence-electron chi connectivity index (χ3n) is 4.08. The fourth-order valence-corrected chi connectivity index (χ4v) is 3.02. The Labute approximate surface area is 128 Å². The van der Waals surface area contributed by atoms with Crippen molar-refractivity contribution in [3.63, 3.8) is 0 Å². The number of hydrogen-bond donors (Lipinski definition) is 1. The predicted octanol–water partition coefficient (Wildman–Crippen LogP) is 2.42. The van der Waals surface area contributed by atoms with E-state index in [-0.39, 0.29) is 35.2 Å². The summed E-state index contributed by atoms with van der Waals surface area (Å²) in [5.74, 6) is -0.207. The smallest absolute Gasteiger partial charge is 0.276 e. The second kappa shape index (κ2) is 5.71. The Balaban J connectivity index is 1.96. The summed E-state index contributed by atoms with van der Waals surface area (Å²) in [7, 11) is 0. The van der Waals surface area contributed by atoms with E-state index in [1.807, 2.05) is 6.07 Å². The SMILES string of the molecule is C[C@H]1CCN(C(=O)c2nccnc2N)[C@H]1c1cccc(F)c1. The van der Waals surface area contributed by atoms with Gasteiger partial charge in [-0.2, -0.15) is 0 Å². The Hall–Kier alpha value is -2.50. The van der Waals surface area contributed by atoms with Crippen molar-refractivity contribution in [1.29, 1.82) is 0 Å². The van der Waals surface area contributed by atoms with Crippen LogP contribution in [0.15, 0.2) is 36.7 Å². The molecule has 0 aliphatic carbocycles. The van der Waals surface area contributed by atoms with Gasteiger partial charge in [0.1, 0.15) is 5.82 Å². The number of carbonyl (C=O) groups excluding carboxylic acids is 1. The minimum Gasteiger partial charge on any atom is -0.382 e. The molecule has 1 saturated heterocycles. The molecule has 1 aromatic carbocycles. The van der Waals surface area contributed by atoms with Gasteiger partial charge in [-0.25, -0.2) is 14.4 Å². The molecule has 2 N–H and O–H groups in total. The van der Waals surface area contributed by atoms with Crippen molar-refractivity contribution in [2.24, 2.45) is 5.92 Å². The Morgan fingerprint density at radius 2 is 2.14 bits per heavy atom. The maximum atomic E-state index is 13.5. The van der Waals surface area contributed by atoms with Crippen LogP contribution in [0.4, 0.5) is 10.2 Å². The van der Waals surface area contributed by atoms with Crippen molar-refractivity contribution in [2.75, 3.05) is 12.3 Å². The molecule has 1 amide bonds. The third-order valence-corrected chi connectivity index (χ3v) is 4.08. The quantitative estimate of drug-likeness (QED) is 0.924. The van der Waals surface area contributed by atoms with Gasteiger partial charge in [0.2, 0.25) is 0 Å². The van der Waals surface area contributed by atoms with Crippen LogP contribution in [0.2, 0.25) is 0 Å². The van der Waals surface area contributed by atoms with Gasteiger partial charge >= 0.3 is 0 Å². The van der Waals surface area contributed by atoms with Crippen LogP contribution in [0.3, 0.4) is 0 Å². The van der Waals surface area contributed by atoms with Crippen LogP contribution in [0.5, 0.6) is 0 Å². The molecule has 2 atom stereocenters. The summed E-state index contributed by atoms with van der Waals surface area (Å²) in [6.07, 6.45) is 3.75. The highest BCUT2D eigenvalue weighted by atomic mass is 19.1. The van der Waals surface area contributed by atoms with Gasteiger partial charge in [0.15, 0.2) is 11.5 Å². The highest BCUT2D eigenvalue weighted by Gasteiger charge is 2.37. The molecule has 1 aliphatic heterocycles. The highest BCUT2D eigenvalue weighted by Crippen LogP contribution is 2.38. The normalized spacial score (nSPS) is 21.1. The first kappa shape index (κ1) is 14.4. The standard InChI is InChI=1S/C16H17FN4O/c1-10-5-8-21(14(10)11-3-2-4-12(17)9-11)16(22)13-15(18)20-7-6-19-13/h2-4,6-7,9-10,14H,5,8H2,1H3,(H2,18,20)/t10-,14+/m0/s1. The first-order valence-electron chi connectivity index (χ1n) is 7.21. The number of benzene rings is 1. The van der Waals surface area contributed by atoms with Crippen LogP contribution in [0, 0.1) is 11.7 Å². The summed E-state index contributed by atoms with van der Waals surface area (Å²) in [5.41, 5.74) is 6.69. The van der Waals surface area contributed by atoms with E-state index < -0.39 is 0 Å². The van der Waals surface area contributed by atoms with Crippen molar-refractivity contribution < 1.29 is 9.18 Å². The maximum Gasteiger partial charge on any atom is 0.276 e. The zero-order chi connectivity index (χ0) is 15.7. The predicted molar refractivity (Wildman–Crippen MR) is 80.4 cm³/mol. The molecule has 3 rings (SSSR count). The minimum absolute atomic E-state index is 0.116. The lowest BCUT2D eigenvalue weighted by molar-refractivity contribution is 0.0715. The number of nitrogens with two attached hydrogens (primary N) is 1.